The Morgan fingerprint density at radius 2 is 2.00 bits per heavy atom. The molecule has 2 aromatic carbocycles. The molecule has 4 N–H and O–H groups in total. The molecule has 4 aromatic rings. The minimum absolute atomic E-state index is 0.312. The summed E-state index contributed by atoms with van der Waals surface area (Å²) in [5, 5.41) is 7.30. The number of nitrogen functional groups attached to an aromatic ring is 1. The summed E-state index contributed by atoms with van der Waals surface area (Å²) >= 11 is 1.60. The third-order valence-corrected chi connectivity index (χ3v) is 6.71. The largest absolute Gasteiger partial charge is 0.546 e. The van der Waals surface area contributed by atoms with Gasteiger partial charge in [-0.05, 0) is 75.3 Å². The number of rotatable bonds is 6. The summed E-state index contributed by atoms with van der Waals surface area (Å²) in [6, 6.07) is 16.3. The monoisotopic (exact) mass is 462 g/mol. The van der Waals surface area contributed by atoms with Crippen LogP contribution in [0, 0.1) is 6.92 Å². The van der Waals surface area contributed by atoms with Crippen LogP contribution >= 0.6 is 19.4 Å². The minimum atomic E-state index is -2.45. The van der Waals surface area contributed by atoms with Crippen molar-refractivity contribution in [3.05, 3.63) is 93.9 Å². The zero-order valence-electron chi connectivity index (χ0n) is 17.3. The van der Waals surface area contributed by atoms with Crippen LogP contribution in [-0.2, 0) is 11.0 Å². The summed E-state index contributed by atoms with van der Waals surface area (Å²) in [6.45, 7) is 1.90. The van der Waals surface area contributed by atoms with E-state index in [1.165, 1.54) is 6.20 Å². The van der Waals surface area contributed by atoms with E-state index in [0.717, 1.165) is 22.3 Å². The van der Waals surface area contributed by atoms with Gasteiger partial charge in [0.1, 0.15) is 0 Å². The summed E-state index contributed by atoms with van der Waals surface area (Å²) in [4.78, 5) is 26.7. The summed E-state index contributed by atoms with van der Waals surface area (Å²) in [5.41, 5.74) is 11.9. The number of amides is 1. The van der Waals surface area contributed by atoms with Crippen LogP contribution in [0.3, 0.4) is 0 Å². The highest BCUT2D eigenvalue weighted by molar-refractivity contribution is 7.47. The van der Waals surface area contributed by atoms with Crippen LogP contribution in [-0.4, -0.2) is 15.8 Å². The van der Waals surface area contributed by atoms with Crippen molar-refractivity contribution in [2.24, 2.45) is 0 Å². The molecule has 0 aliphatic rings. The first-order valence-corrected chi connectivity index (χ1v) is 12.0. The zero-order valence-corrected chi connectivity index (χ0v) is 19.0. The van der Waals surface area contributed by atoms with Crippen molar-refractivity contribution in [1.29, 1.82) is 0 Å². The predicted octanol–water partition coefficient (Wildman–Crippen LogP) is 4.90. The van der Waals surface area contributed by atoms with Crippen LogP contribution in [0.25, 0.3) is 11.1 Å². The number of hydrogen-bond donors (Lipinski definition) is 3. The lowest BCUT2D eigenvalue weighted by molar-refractivity contribution is 0.102. The molecule has 1 unspecified atom stereocenters. The summed E-state index contributed by atoms with van der Waals surface area (Å²) in [5.74, 6) is -0.312. The Morgan fingerprint density at radius 3 is 2.69 bits per heavy atom. The molecule has 0 saturated heterocycles. The zero-order chi connectivity index (χ0) is 22.7. The van der Waals surface area contributed by atoms with Gasteiger partial charge in [0.25, 0.3) is 5.91 Å². The molecular weight excluding hydrogens is 441 g/mol. The van der Waals surface area contributed by atoms with Gasteiger partial charge in [0, 0.05) is 23.9 Å². The van der Waals surface area contributed by atoms with Crippen LogP contribution in [0.2, 0.25) is 0 Å². The molecule has 0 radical (unpaired) electrons. The second kappa shape index (κ2) is 9.40. The molecule has 0 aliphatic carbocycles. The first kappa shape index (κ1) is 21.8. The predicted molar refractivity (Wildman–Crippen MR) is 130 cm³/mol. The van der Waals surface area contributed by atoms with Crippen molar-refractivity contribution in [3.63, 3.8) is 0 Å². The van der Waals surface area contributed by atoms with E-state index >= 15 is 0 Å². The van der Waals surface area contributed by atoms with Crippen LogP contribution in [0.1, 0.15) is 27.2 Å². The number of carbonyl (C=O) groups is 1. The minimum Gasteiger partial charge on any atom is -0.397 e. The molecule has 0 fully saturated rings. The Labute approximate surface area is 190 Å². The molecule has 0 bridgehead atoms. The van der Waals surface area contributed by atoms with Gasteiger partial charge in [-0.15, -0.1) is 0 Å². The maximum Gasteiger partial charge on any atom is 0.546 e. The maximum absolute atomic E-state index is 12.8. The van der Waals surface area contributed by atoms with E-state index in [1.807, 2.05) is 41.9 Å². The highest BCUT2D eigenvalue weighted by atomic mass is 32.1. The topological polar surface area (TPSA) is 105 Å². The van der Waals surface area contributed by atoms with E-state index < -0.39 is 8.03 Å². The fourth-order valence-electron chi connectivity index (χ4n) is 3.41. The number of benzene rings is 2. The number of aryl methyl sites for hydroxylation is 1. The van der Waals surface area contributed by atoms with Gasteiger partial charge in [-0.2, -0.15) is 16.2 Å². The van der Waals surface area contributed by atoms with Gasteiger partial charge in [0.15, 0.2) is 0 Å². The first-order chi connectivity index (χ1) is 15.4. The molecule has 0 spiro atoms. The van der Waals surface area contributed by atoms with Gasteiger partial charge in [-0.3, -0.25) is 9.78 Å². The van der Waals surface area contributed by atoms with Crippen molar-refractivity contribution in [2.75, 3.05) is 11.1 Å². The number of hydrogen-bond acceptors (Lipinski definition) is 5. The normalized spacial score (nSPS) is 11.2. The Hall–Kier alpha value is -3.38. The lowest BCUT2D eigenvalue weighted by Crippen LogP contribution is -2.14. The van der Waals surface area contributed by atoms with E-state index in [1.54, 1.807) is 41.7 Å². The number of nitrogens with two attached hydrogens (primary N) is 1. The third kappa shape index (κ3) is 4.75. The fourth-order valence-corrected chi connectivity index (χ4v) is 4.77. The molecule has 1 amide bonds. The Balaban J connectivity index is 1.51. The van der Waals surface area contributed by atoms with Crippen LogP contribution in [0.5, 0.6) is 0 Å². The quantitative estimate of drug-likeness (QED) is 0.279. The molecule has 1 atom stereocenters. The summed E-state index contributed by atoms with van der Waals surface area (Å²) in [6.07, 6.45) is 1.90. The van der Waals surface area contributed by atoms with Crippen LogP contribution < -0.4 is 16.4 Å². The van der Waals surface area contributed by atoms with Crippen LogP contribution in [0.4, 0.5) is 11.4 Å². The second-order valence-electron chi connectivity index (χ2n) is 7.33. The summed E-state index contributed by atoms with van der Waals surface area (Å²) < 4.78 is 11.7. The fraction of sp³-hybridized carbons (Fsp3) is 0.0833. The van der Waals surface area contributed by atoms with E-state index in [2.05, 4.69) is 10.3 Å². The van der Waals surface area contributed by atoms with Crippen molar-refractivity contribution < 1.29 is 14.3 Å². The van der Waals surface area contributed by atoms with Gasteiger partial charge in [0.05, 0.1) is 16.9 Å². The average molecular weight is 462 g/mol. The Kier molecular flexibility index (Phi) is 6.42. The van der Waals surface area contributed by atoms with Crippen molar-refractivity contribution in [1.82, 2.24) is 4.98 Å². The lowest BCUT2D eigenvalue weighted by atomic mass is 10.0. The number of anilines is 2. The van der Waals surface area contributed by atoms with Crippen molar-refractivity contribution in [2.45, 2.75) is 13.3 Å². The van der Waals surface area contributed by atoms with E-state index in [9.17, 15) is 14.3 Å². The number of nitrogens with one attached hydrogen (secondary N) is 1. The molecule has 0 aliphatic heterocycles. The highest BCUT2D eigenvalue weighted by Crippen LogP contribution is 2.29. The average Bonchev–Trinajstić information content (AvgIpc) is 3.32. The number of pyridine rings is 1. The number of carbonyl (C=O) groups excluding carboxylic acids is 1. The maximum atomic E-state index is 12.8. The van der Waals surface area contributed by atoms with E-state index in [-0.39, 0.29) is 5.91 Å². The smallest absolute Gasteiger partial charge is 0.397 e. The van der Waals surface area contributed by atoms with Crippen LogP contribution in [0.15, 0.2) is 71.6 Å². The highest BCUT2D eigenvalue weighted by Gasteiger charge is 2.23. The van der Waals surface area contributed by atoms with Gasteiger partial charge in [-0.25, -0.2) is 0 Å². The van der Waals surface area contributed by atoms with Crippen molar-refractivity contribution >= 4 is 42.0 Å². The molecule has 4 rings (SSSR count). The molecule has 0 saturated carbocycles. The van der Waals surface area contributed by atoms with E-state index in [4.69, 9.17) is 5.73 Å². The lowest BCUT2D eigenvalue weighted by Gasteiger charge is -2.11. The molecular formula is C24H21N3O3PS+. The van der Waals surface area contributed by atoms with Crippen molar-refractivity contribution in [3.8, 4) is 11.1 Å². The molecule has 2 heterocycles. The third-order valence-electron chi connectivity index (χ3n) is 5.19. The number of nitrogens with zero attached hydrogens (tertiary/aromatic N) is 1. The number of aromatic nitrogens is 1. The second-order valence-corrected chi connectivity index (χ2v) is 9.14. The number of thiophene rings is 1. The van der Waals surface area contributed by atoms with Gasteiger partial charge in [0.2, 0.25) is 5.30 Å². The Morgan fingerprint density at radius 1 is 1.16 bits per heavy atom. The summed E-state index contributed by atoms with van der Waals surface area (Å²) in [7, 11) is -2.45. The SMILES string of the molecule is Cc1cccc([P+](=O)O)c1Cc1ccc(C(=O)Nc2cc(-c3ccsc3)ccc2N)cn1. The first-order valence-electron chi connectivity index (χ1n) is 9.85. The molecule has 32 heavy (non-hydrogen) atoms. The molecule has 160 valence electrons. The molecule has 6 nitrogen and oxygen atoms in total. The van der Waals surface area contributed by atoms with Gasteiger partial charge < -0.3 is 11.1 Å². The molecule has 2 aromatic heterocycles. The molecule has 8 heteroatoms. The van der Waals surface area contributed by atoms with E-state index in [0.29, 0.717) is 34.4 Å². The van der Waals surface area contributed by atoms with Gasteiger partial charge in [-0.1, -0.05) is 18.2 Å². The van der Waals surface area contributed by atoms with Gasteiger partial charge >= 0.3 is 8.03 Å². The standard InChI is InChI=1S/C24H20N3O3PS/c1-15-3-2-4-23(31(29)30)20(15)12-19-7-5-17(13-26-19)24(28)27-22-11-16(6-8-21(22)25)18-9-10-32-14-18/h2-11,13-14H,12,25H2,1H3,(H-,27,28,29,30)/p+1. The Bertz CT molecular complexity index is 1290.